The number of carbonyl (C=O) groups excluding carboxylic acids is 1. The molecule has 3 aromatic rings. The lowest BCUT2D eigenvalue weighted by Crippen LogP contribution is -2.14. The van der Waals surface area contributed by atoms with Crippen LogP contribution in [0.1, 0.15) is 16.1 Å². The molecule has 3 rings (SSSR count). The van der Waals surface area contributed by atoms with Crippen LogP contribution in [0.15, 0.2) is 54.9 Å². The van der Waals surface area contributed by atoms with Gasteiger partial charge in [0.25, 0.3) is 5.91 Å². The fourth-order valence-corrected chi connectivity index (χ4v) is 2.06. The van der Waals surface area contributed by atoms with E-state index in [1.807, 2.05) is 31.2 Å². The molecule has 0 aliphatic heterocycles. The number of aryl methyl sites for hydroxylation is 1. The van der Waals surface area contributed by atoms with Gasteiger partial charge in [-0.3, -0.25) is 4.79 Å². The third-order valence-electron chi connectivity index (χ3n) is 3.39. The SMILES string of the molecule is Cc1ccc(Nc2cnc(C(=O)Nc3ccc(F)c(F)c3)cn2)cc1. The zero-order valence-corrected chi connectivity index (χ0v) is 13.3. The number of hydrogen-bond donors (Lipinski definition) is 2. The number of hydrogen-bond acceptors (Lipinski definition) is 4. The summed E-state index contributed by atoms with van der Waals surface area (Å²) in [6.45, 7) is 1.99. The maximum Gasteiger partial charge on any atom is 0.275 e. The second kappa shape index (κ2) is 7.04. The summed E-state index contributed by atoms with van der Waals surface area (Å²) in [5.41, 5.74) is 2.17. The number of carbonyl (C=O) groups is 1. The van der Waals surface area contributed by atoms with Gasteiger partial charge in [0, 0.05) is 17.4 Å². The van der Waals surface area contributed by atoms with Crippen molar-refractivity contribution in [2.75, 3.05) is 10.6 Å². The minimum absolute atomic E-state index is 0.0548. The highest BCUT2D eigenvalue weighted by atomic mass is 19.2. The van der Waals surface area contributed by atoms with E-state index in [2.05, 4.69) is 20.6 Å². The molecule has 2 N–H and O–H groups in total. The Balaban J connectivity index is 1.67. The Bertz CT molecular complexity index is 896. The van der Waals surface area contributed by atoms with Gasteiger partial charge in [0.15, 0.2) is 11.6 Å². The maximum absolute atomic E-state index is 13.2. The zero-order valence-electron chi connectivity index (χ0n) is 13.3. The normalized spacial score (nSPS) is 10.4. The number of anilines is 3. The van der Waals surface area contributed by atoms with Crippen molar-refractivity contribution in [3.8, 4) is 0 Å². The molecule has 0 bridgehead atoms. The van der Waals surface area contributed by atoms with Crippen LogP contribution < -0.4 is 10.6 Å². The smallest absolute Gasteiger partial charge is 0.275 e. The summed E-state index contributed by atoms with van der Waals surface area (Å²) in [7, 11) is 0. The molecule has 1 heterocycles. The van der Waals surface area contributed by atoms with E-state index < -0.39 is 17.5 Å². The van der Waals surface area contributed by atoms with Crippen molar-refractivity contribution in [3.63, 3.8) is 0 Å². The largest absolute Gasteiger partial charge is 0.339 e. The van der Waals surface area contributed by atoms with Crippen molar-refractivity contribution in [3.05, 3.63) is 77.8 Å². The number of rotatable bonds is 4. The molecule has 0 saturated heterocycles. The second-order valence-corrected chi connectivity index (χ2v) is 5.36. The molecule has 5 nitrogen and oxygen atoms in total. The van der Waals surface area contributed by atoms with Crippen LogP contribution in [0.2, 0.25) is 0 Å². The topological polar surface area (TPSA) is 66.9 Å². The van der Waals surface area contributed by atoms with Gasteiger partial charge in [0.1, 0.15) is 11.5 Å². The Hall–Kier alpha value is -3.35. The first-order chi connectivity index (χ1) is 12.0. The summed E-state index contributed by atoms with van der Waals surface area (Å²) >= 11 is 0. The number of nitrogens with one attached hydrogen (secondary N) is 2. The first kappa shape index (κ1) is 16.5. The van der Waals surface area contributed by atoms with Crippen molar-refractivity contribution < 1.29 is 13.6 Å². The molecule has 7 heteroatoms. The monoisotopic (exact) mass is 340 g/mol. The van der Waals surface area contributed by atoms with E-state index >= 15 is 0 Å². The lowest BCUT2D eigenvalue weighted by molar-refractivity contribution is 0.102. The first-order valence-corrected chi connectivity index (χ1v) is 7.43. The van der Waals surface area contributed by atoms with Crippen LogP contribution in [0.25, 0.3) is 0 Å². The van der Waals surface area contributed by atoms with Crippen molar-refractivity contribution >= 4 is 23.1 Å². The fraction of sp³-hybridized carbons (Fsp3) is 0.0556. The summed E-state index contributed by atoms with van der Waals surface area (Å²) in [6.07, 6.45) is 2.71. The molecule has 25 heavy (non-hydrogen) atoms. The lowest BCUT2D eigenvalue weighted by Gasteiger charge is -2.07. The van der Waals surface area contributed by atoms with Gasteiger partial charge in [-0.1, -0.05) is 17.7 Å². The summed E-state index contributed by atoms with van der Waals surface area (Å²) in [5.74, 6) is -2.11. The highest BCUT2D eigenvalue weighted by Gasteiger charge is 2.10. The third kappa shape index (κ3) is 4.14. The van der Waals surface area contributed by atoms with Crippen LogP contribution in [0.3, 0.4) is 0 Å². The van der Waals surface area contributed by atoms with Gasteiger partial charge in [0.05, 0.1) is 12.4 Å². The Labute approximate surface area is 142 Å². The summed E-state index contributed by atoms with van der Waals surface area (Å²) in [5, 5.41) is 5.50. The van der Waals surface area contributed by atoms with Crippen LogP contribution in [0.5, 0.6) is 0 Å². The van der Waals surface area contributed by atoms with E-state index in [1.54, 1.807) is 0 Å². The Morgan fingerprint density at radius 2 is 1.64 bits per heavy atom. The molecule has 1 amide bonds. The summed E-state index contributed by atoms with van der Waals surface area (Å²) in [4.78, 5) is 20.2. The first-order valence-electron chi connectivity index (χ1n) is 7.43. The quantitative estimate of drug-likeness (QED) is 0.752. The molecular formula is C18H14F2N4O. The Morgan fingerprint density at radius 3 is 2.28 bits per heavy atom. The molecule has 0 unspecified atom stereocenters. The van der Waals surface area contributed by atoms with Crippen molar-refractivity contribution in [2.45, 2.75) is 6.92 Å². The van der Waals surface area contributed by atoms with E-state index in [9.17, 15) is 13.6 Å². The molecule has 0 atom stereocenters. The standard InChI is InChI=1S/C18H14F2N4O/c1-11-2-4-12(5-3-11)23-17-10-21-16(9-22-17)18(25)24-13-6-7-14(19)15(20)8-13/h2-10H,1H3,(H,22,23)(H,24,25). The van der Waals surface area contributed by atoms with Gasteiger partial charge in [-0.15, -0.1) is 0 Å². The number of nitrogens with zero attached hydrogens (tertiary/aromatic N) is 2. The number of aromatic nitrogens is 2. The second-order valence-electron chi connectivity index (χ2n) is 5.36. The number of benzene rings is 2. The molecule has 1 aromatic heterocycles. The van der Waals surface area contributed by atoms with Crippen LogP contribution in [0.4, 0.5) is 26.0 Å². The molecular weight excluding hydrogens is 326 g/mol. The van der Waals surface area contributed by atoms with Gasteiger partial charge in [-0.05, 0) is 31.2 Å². The van der Waals surface area contributed by atoms with E-state index in [4.69, 9.17) is 0 Å². The average Bonchev–Trinajstić information content (AvgIpc) is 2.61. The highest BCUT2D eigenvalue weighted by molar-refractivity contribution is 6.02. The molecule has 0 aliphatic carbocycles. The van der Waals surface area contributed by atoms with Gasteiger partial charge < -0.3 is 10.6 Å². The highest BCUT2D eigenvalue weighted by Crippen LogP contribution is 2.16. The van der Waals surface area contributed by atoms with Gasteiger partial charge in [0.2, 0.25) is 0 Å². The molecule has 126 valence electrons. The Morgan fingerprint density at radius 1 is 0.920 bits per heavy atom. The molecule has 0 aliphatic rings. The average molecular weight is 340 g/mol. The lowest BCUT2D eigenvalue weighted by atomic mass is 10.2. The molecule has 0 fully saturated rings. The van der Waals surface area contributed by atoms with Crippen LogP contribution >= 0.6 is 0 Å². The fourth-order valence-electron chi connectivity index (χ4n) is 2.06. The van der Waals surface area contributed by atoms with Crippen LogP contribution in [-0.4, -0.2) is 15.9 Å². The molecule has 0 spiro atoms. The van der Waals surface area contributed by atoms with Crippen molar-refractivity contribution in [1.82, 2.24) is 9.97 Å². The number of amides is 1. The minimum atomic E-state index is -1.04. The molecule has 0 saturated carbocycles. The van der Waals surface area contributed by atoms with E-state index in [-0.39, 0.29) is 11.4 Å². The van der Waals surface area contributed by atoms with Crippen LogP contribution in [0, 0.1) is 18.6 Å². The van der Waals surface area contributed by atoms with E-state index in [0.29, 0.717) is 5.82 Å². The minimum Gasteiger partial charge on any atom is -0.339 e. The van der Waals surface area contributed by atoms with E-state index in [1.165, 1.54) is 18.5 Å². The van der Waals surface area contributed by atoms with Crippen molar-refractivity contribution in [1.29, 1.82) is 0 Å². The zero-order chi connectivity index (χ0) is 17.8. The summed E-state index contributed by atoms with van der Waals surface area (Å²) < 4.78 is 26.0. The summed E-state index contributed by atoms with van der Waals surface area (Å²) in [6, 6.07) is 10.8. The van der Waals surface area contributed by atoms with Crippen LogP contribution in [-0.2, 0) is 0 Å². The van der Waals surface area contributed by atoms with Gasteiger partial charge >= 0.3 is 0 Å². The third-order valence-corrected chi connectivity index (χ3v) is 3.39. The predicted molar refractivity (Wildman–Crippen MR) is 90.8 cm³/mol. The van der Waals surface area contributed by atoms with Gasteiger partial charge in [-0.2, -0.15) is 0 Å². The predicted octanol–water partition coefficient (Wildman–Crippen LogP) is 4.06. The van der Waals surface area contributed by atoms with E-state index in [0.717, 1.165) is 23.4 Å². The molecule has 2 aromatic carbocycles. The maximum atomic E-state index is 13.2. The van der Waals surface area contributed by atoms with Crippen molar-refractivity contribution in [2.24, 2.45) is 0 Å². The molecule has 0 radical (unpaired) electrons. The van der Waals surface area contributed by atoms with Gasteiger partial charge in [-0.25, -0.2) is 18.7 Å². The Kier molecular flexibility index (Phi) is 4.65. The number of halogens is 2.